The first-order chi connectivity index (χ1) is 16.5. The predicted octanol–water partition coefficient (Wildman–Crippen LogP) is 4.17. The SMILES string of the molecule is COC(=O)c1ccc([C@@H]2[C@H]3C(=O)N(Cc4ccccc4)C(=O)[C@H]3ON2c2ccc(Cl)cc2)cc1. The lowest BCUT2D eigenvalue weighted by atomic mass is 9.90. The van der Waals surface area contributed by atoms with Crippen LogP contribution >= 0.6 is 11.6 Å². The summed E-state index contributed by atoms with van der Waals surface area (Å²) in [6.45, 7) is 0.184. The first-order valence-electron chi connectivity index (χ1n) is 10.8. The molecule has 2 heterocycles. The van der Waals surface area contributed by atoms with Crippen molar-refractivity contribution in [2.24, 2.45) is 5.92 Å². The zero-order valence-electron chi connectivity index (χ0n) is 18.3. The van der Waals surface area contributed by atoms with Crippen molar-refractivity contribution >= 4 is 35.1 Å². The molecule has 5 rings (SSSR count). The number of hydrogen-bond acceptors (Lipinski definition) is 6. The van der Waals surface area contributed by atoms with E-state index in [0.29, 0.717) is 16.3 Å². The Balaban J connectivity index is 1.52. The molecule has 0 bridgehead atoms. The topological polar surface area (TPSA) is 76.2 Å². The number of imide groups is 1. The molecule has 0 unspecified atom stereocenters. The third kappa shape index (κ3) is 3.83. The Labute approximate surface area is 201 Å². The van der Waals surface area contributed by atoms with E-state index in [9.17, 15) is 14.4 Å². The standard InChI is InChI=1S/C26H21ClN2O5/c1-33-26(32)18-9-7-17(8-10-18)22-21-23(34-29(22)20-13-11-19(27)12-14-20)25(31)28(24(21)30)15-16-5-3-2-4-6-16/h2-14,21-23H,15H2,1H3/t21-,22-,23+/m1/s1. The molecule has 8 heteroatoms. The Kier molecular flexibility index (Phi) is 5.81. The maximum absolute atomic E-state index is 13.5. The van der Waals surface area contributed by atoms with Gasteiger partial charge in [0.2, 0.25) is 5.91 Å². The second-order valence-corrected chi connectivity index (χ2v) is 8.60. The molecule has 0 N–H and O–H groups in total. The van der Waals surface area contributed by atoms with Crippen LogP contribution in [0.2, 0.25) is 5.02 Å². The van der Waals surface area contributed by atoms with Crippen LogP contribution in [-0.2, 0) is 25.7 Å². The van der Waals surface area contributed by atoms with Crippen LogP contribution in [0.15, 0.2) is 78.9 Å². The largest absolute Gasteiger partial charge is 0.465 e. The number of nitrogens with zero attached hydrogens (tertiary/aromatic N) is 2. The van der Waals surface area contributed by atoms with Gasteiger partial charge in [-0.15, -0.1) is 0 Å². The molecule has 3 aromatic rings. The van der Waals surface area contributed by atoms with Gasteiger partial charge in [-0.25, -0.2) is 9.86 Å². The van der Waals surface area contributed by atoms with Gasteiger partial charge in [0.25, 0.3) is 5.91 Å². The van der Waals surface area contributed by atoms with Crippen molar-refractivity contribution in [1.82, 2.24) is 4.90 Å². The number of amides is 2. The molecular weight excluding hydrogens is 456 g/mol. The minimum Gasteiger partial charge on any atom is -0.465 e. The van der Waals surface area contributed by atoms with Gasteiger partial charge in [-0.3, -0.25) is 19.3 Å². The minimum absolute atomic E-state index is 0.184. The highest BCUT2D eigenvalue weighted by Gasteiger charge is 2.59. The average molecular weight is 477 g/mol. The van der Waals surface area contributed by atoms with Crippen molar-refractivity contribution in [2.75, 3.05) is 12.2 Å². The van der Waals surface area contributed by atoms with E-state index >= 15 is 0 Å². The Morgan fingerprint density at radius 3 is 2.26 bits per heavy atom. The molecule has 2 saturated heterocycles. The van der Waals surface area contributed by atoms with E-state index in [2.05, 4.69) is 0 Å². The lowest BCUT2D eigenvalue weighted by molar-refractivity contribution is -0.143. The number of rotatable bonds is 5. The average Bonchev–Trinajstić information content (AvgIpc) is 3.37. The molecule has 3 atom stereocenters. The van der Waals surface area contributed by atoms with Crippen LogP contribution < -0.4 is 5.06 Å². The molecule has 0 spiro atoms. The molecule has 0 radical (unpaired) electrons. The van der Waals surface area contributed by atoms with Crippen molar-refractivity contribution in [3.63, 3.8) is 0 Å². The fourth-order valence-corrected chi connectivity index (χ4v) is 4.60. The fourth-order valence-electron chi connectivity index (χ4n) is 4.48. The Morgan fingerprint density at radius 2 is 1.62 bits per heavy atom. The number of hydrogen-bond donors (Lipinski definition) is 0. The summed E-state index contributed by atoms with van der Waals surface area (Å²) in [4.78, 5) is 46.1. The molecule has 2 amide bonds. The highest BCUT2D eigenvalue weighted by molar-refractivity contribution is 6.30. The quantitative estimate of drug-likeness (QED) is 0.406. The van der Waals surface area contributed by atoms with Crippen molar-refractivity contribution < 1.29 is 24.0 Å². The normalized spacial score (nSPS) is 21.6. The first-order valence-corrected chi connectivity index (χ1v) is 11.1. The maximum Gasteiger partial charge on any atom is 0.337 e. The number of carbonyl (C=O) groups excluding carboxylic acids is 3. The van der Waals surface area contributed by atoms with Gasteiger partial charge < -0.3 is 4.74 Å². The Bertz CT molecular complexity index is 1230. The molecule has 0 aromatic heterocycles. The van der Waals surface area contributed by atoms with Gasteiger partial charge in [-0.05, 0) is 47.5 Å². The summed E-state index contributed by atoms with van der Waals surface area (Å²) in [5, 5.41) is 2.15. The van der Waals surface area contributed by atoms with E-state index in [1.54, 1.807) is 53.6 Å². The zero-order valence-corrected chi connectivity index (χ0v) is 19.0. The molecule has 7 nitrogen and oxygen atoms in total. The number of ether oxygens (including phenoxy) is 1. The number of hydroxylamine groups is 1. The van der Waals surface area contributed by atoms with Crippen LogP contribution in [0, 0.1) is 5.92 Å². The van der Waals surface area contributed by atoms with E-state index in [4.69, 9.17) is 21.2 Å². The third-order valence-corrected chi connectivity index (χ3v) is 6.40. The zero-order chi connectivity index (χ0) is 23.8. The van der Waals surface area contributed by atoms with E-state index in [1.165, 1.54) is 12.0 Å². The van der Waals surface area contributed by atoms with E-state index in [0.717, 1.165) is 11.1 Å². The lowest BCUT2D eigenvalue weighted by Gasteiger charge is -2.29. The van der Waals surface area contributed by atoms with Crippen LogP contribution in [0.3, 0.4) is 0 Å². The van der Waals surface area contributed by atoms with Crippen molar-refractivity contribution in [1.29, 1.82) is 0 Å². The van der Waals surface area contributed by atoms with Crippen LogP contribution in [-0.4, -0.2) is 35.9 Å². The molecule has 0 aliphatic carbocycles. The summed E-state index contributed by atoms with van der Waals surface area (Å²) in [6.07, 6.45) is -0.947. The monoisotopic (exact) mass is 476 g/mol. The summed E-state index contributed by atoms with van der Waals surface area (Å²) in [5.74, 6) is -1.86. The van der Waals surface area contributed by atoms with Crippen molar-refractivity contribution in [3.05, 3.63) is 101 Å². The number of halogens is 1. The lowest BCUT2D eigenvalue weighted by Crippen LogP contribution is -2.36. The Hall–Kier alpha value is -3.68. The number of benzene rings is 3. The maximum atomic E-state index is 13.5. The van der Waals surface area contributed by atoms with E-state index < -0.39 is 24.0 Å². The van der Waals surface area contributed by atoms with Gasteiger partial charge >= 0.3 is 5.97 Å². The minimum atomic E-state index is -0.947. The molecular formula is C26H21ClN2O5. The number of carbonyl (C=O) groups is 3. The van der Waals surface area contributed by atoms with Gasteiger partial charge in [0.1, 0.15) is 5.92 Å². The highest BCUT2D eigenvalue weighted by atomic mass is 35.5. The van der Waals surface area contributed by atoms with Crippen LogP contribution in [0.4, 0.5) is 5.69 Å². The van der Waals surface area contributed by atoms with Crippen LogP contribution in [0.5, 0.6) is 0 Å². The summed E-state index contributed by atoms with van der Waals surface area (Å²) in [6, 6.07) is 22.6. The summed E-state index contributed by atoms with van der Waals surface area (Å²) in [5.41, 5.74) is 2.64. The van der Waals surface area contributed by atoms with Gasteiger partial charge in [0.15, 0.2) is 6.10 Å². The van der Waals surface area contributed by atoms with Crippen molar-refractivity contribution in [2.45, 2.75) is 18.7 Å². The molecule has 3 aromatic carbocycles. The number of methoxy groups -OCH3 is 1. The highest BCUT2D eigenvalue weighted by Crippen LogP contribution is 2.47. The predicted molar refractivity (Wildman–Crippen MR) is 125 cm³/mol. The third-order valence-electron chi connectivity index (χ3n) is 6.14. The second-order valence-electron chi connectivity index (χ2n) is 8.16. The number of esters is 1. The van der Waals surface area contributed by atoms with Crippen LogP contribution in [0.1, 0.15) is 27.5 Å². The van der Waals surface area contributed by atoms with Crippen LogP contribution in [0.25, 0.3) is 0 Å². The van der Waals surface area contributed by atoms with E-state index in [1.807, 2.05) is 30.3 Å². The summed E-state index contributed by atoms with van der Waals surface area (Å²) >= 11 is 6.05. The molecule has 0 saturated carbocycles. The van der Waals surface area contributed by atoms with Gasteiger partial charge in [0.05, 0.1) is 30.9 Å². The van der Waals surface area contributed by atoms with Gasteiger partial charge in [-0.2, -0.15) is 0 Å². The fraction of sp³-hybridized carbons (Fsp3) is 0.192. The van der Waals surface area contributed by atoms with Gasteiger partial charge in [-0.1, -0.05) is 54.1 Å². The summed E-state index contributed by atoms with van der Waals surface area (Å²) < 4.78 is 4.78. The number of anilines is 1. The molecule has 2 aliphatic heterocycles. The number of fused-ring (bicyclic) bond motifs is 1. The summed E-state index contributed by atoms with van der Waals surface area (Å²) in [7, 11) is 1.32. The second kappa shape index (κ2) is 8.93. The number of likely N-dealkylation sites (tertiary alicyclic amines) is 1. The molecule has 2 fully saturated rings. The van der Waals surface area contributed by atoms with E-state index in [-0.39, 0.29) is 18.4 Å². The van der Waals surface area contributed by atoms with Crippen molar-refractivity contribution in [3.8, 4) is 0 Å². The first kappa shape index (κ1) is 22.1. The Morgan fingerprint density at radius 1 is 0.941 bits per heavy atom. The molecule has 172 valence electrons. The van der Waals surface area contributed by atoms with Gasteiger partial charge in [0, 0.05) is 5.02 Å². The molecule has 2 aliphatic rings. The smallest absolute Gasteiger partial charge is 0.337 e. The molecule has 34 heavy (non-hydrogen) atoms.